The maximum atomic E-state index is 13.0. The van der Waals surface area contributed by atoms with Crippen molar-refractivity contribution in [2.45, 2.75) is 72.5 Å². The van der Waals surface area contributed by atoms with Gasteiger partial charge < -0.3 is 4.90 Å². The van der Waals surface area contributed by atoms with Crippen LogP contribution in [0, 0.1) is 5.41 Å². The second kappa shape index (κ2) is 6.72. The number of aromatic nitrogens is 3. The molecular weight excluding hydrogens is 354 g/mol. The van der Waals surface area contributed by atoms with E-state index in [0.717, 1.165) is 55.8 Å². The van der Waals surface area contributed by atoms with Crippen molar-refractivity contribution < 1.29 is 4.79 Å². The number of amides is 1. The fraction of sp³-hybridized carbons (Fsp3) is 0.667. The lowest BCUT2D eigenvalue weighted by Crippen LogP contribution is -2.40. The molecule has 152 valence electrons. The van der Waals surface area contributed by atoms with Gasteiger partial charge in [0.05, 0.1) is 17.4 Å². The molecule has 28 heavy (non-hydrogen) atoms. The van der Waals surface area contributed by atoms with Crippen molar-refractivity contribution in [3.63, 3.8) is 0 Å². The molecule has 1 amide bonds. The summed E-state index contributed by atoms with van der Waals surface area (Å²) in [4.78, 5) is 35.0. The summed E-state index contributed by atoms with van der Waals surface area (Å²) in [5.74, 6) is 0.154. The molecule has 2 aromatic rings. The Morgan fingerprint density at radius 3 is 2.71 bits per heavy atom. The van der Waals surface area contributed by atoms with Gasteiger partial charge in [0.25, 0.3) is 5.56 Å². The Balaban J connectivity index is 1.72. The summed E-state index contributed by atoms with van der Waals surface area (Å²) < 4.78 is 1.57. The van der Waals surface area contributed by atoms with Gasteiger partial charge in [-0.1, -0.05) is 20.8 Å². The van der Waals surface area contributed by atoms with Gasteiger partial charge >= 0.3 is 0 Å². The van der Waals surface area contributed by atoms with E-state index < -0.39 is 5.41 Å². The number of nitrogens with zero attached hydrogens (tertiary/aromatic N) is 4. The van der Waals surface area contributed by atoms with Crippen LogP contribution in [0.4, 0.5) is 0 Å². The smallest absolute Gasteiger partial charge is 0.276 e. The number of carbonyl (C=O) groups excluding carboxylic acids is 1. The van der Waals surface area contributed by atoms with Gasteiger partial charge in [-0.25, -0.2) is 9.50 Å². The molecule has 1 saturated heterocycles. The summed E-state index contributed by atoms with van der Waals surface area (Å²) in [6, 6.07) is 2.37. The van der Waals surface area contributed by atoms with Crippen molar-refractivity contribution in [3.05, 3.63) is 33.4 Å². The minimum absolute atomic E-state index is 0.00125. The Hall–Kier alpha value is -2.15. The number of hydrogen-bond donors (Lipinski definition) is 1. The van der Waals surface area contributed by atoms with E-state index in [1.165, 1.54) is 0 Å². The molecule has 7 heteroatoms. The monoisotopic (exact) mass is 385 g/mol. The van der Waals surface area contributed by atoms with Gasteiger partial charge in [0.2, 0.25) is 5.91 Å². The summed E-state index contributed by atoms with van der Waals surface area (Å²) in [5.41, 5.74) is 2.85. The number of nitrogens with one attached hydrogen (secondary N) is 1. The number of carbonyl (C=O) groups is 1. The van der Waals surface area contributed by atoms with E-state index in [-0.39, 0.29) is 17.5 Å². The molecular formula is C21H31N5O2. The molecule has 2 aromatic heterocycles. The van der Waals surface area contributed by atoms with Crippen molar-refractivity contribution in [1.82, 2.24) is 24.4 Å². The standard InChI is InChI=1S/C21H31N5O2/c1-13(2)24-10-8-14-16(12-24)22-18-11-15(23-26(18)19(14)27)17-7-6-9-25(17)20(28)21(3,4)5/h11,13,17,23H,6-10,12H2,1-5H3/t17-/m1/s1. The van der Waals surface area contributed by atoms with Gasteiger partial charge in [-0.2, -0.15) is 0 Å². The maximum Gasteiger partial charge on any atom is 0.276 e. The molecule has 1 atom stereocenters. The zero-order chi connectivity index (χ0) is 20.2. The average Bonchev–Trinajstić information content (AvgIpc) is 3.26. The van der Waals surface area contributed by atoms with Crippen molar-refractivity contribution in [2.24, 2.45) is 5.41 Å². The van der Waals surface area contributed by atoms with Gasteiger partial charge in [-0.3, -0.25) is 19.6 Å². The summed E-state index contributed by atoms with van der Waals surface area (Å²) in [5, 5.41) is 3.26. The van der Waals surface area contributed by atoms with Crippen LogP contribution in [0.3, 0.4) is 0 Å². The first-order valence-corrected chi connectivity index (χ1v) is 10.4. The molecule has 0 aromatic carbocycles. The van der Waals surface area contributed by atoms with Crippen molar-refractivity contribution in [3.8, 4) is 0 Å². The molecule has 1 fully saturated rings. The SMILES string of the molecule is CC(C)N1CCc2c(nc3cc([C@H]4CCCN4C(=O)C(C)(C)C)[nH]n3c2=O)C1. The number of aromatic amines is 1. The molecule has 4 rings (SSSR count). The van der Waals surface area contributed by atoms with Gasteiger partial charge in [0.15, 0.2) is 5.65 Å². The molecule has 0 saturated carbocycles. The molecule has 0 unspecified atom stereocenters. The van der Waals surface area contributed by atoms with E-state index in [0.29, 0.717) is 11.7 Å². The quantitative estimate of drug-likeness (QED) is 0.862. The predicted molar refractivity (Wildman–Crippen MR) is 108 cm³/mol. The third-order valence-electron chi connectivity index (χ3n) is 6.06. The Bertz CT molecular complexity index is 966. The van der Waals surface area contributed by atoms with Gasteiger partial charge in [-0.15, -0.1) is 0 Å². The molecule has 7 nitrogen and oxygen atoms in total. The van der Waals surface area contributed by atoms with Crippen LogP contribution in [0.15, 0.2) is 10.9 Å². The normalized spacial score (nSPS) is 20.9. The minimum atomic E-state index is -0.414. The van der Waals surface area contributed by atoms with E-state index in [1.54, 1.807) is 4.52 Å². The molecule has 4 heterocycles. The fourth-order valence-electron chi connectivity index (χ4n) is 4.41. The van der Waals surface area contributed by atoms with Crippen LogP contribution in [0.2, 0.25) is 0 Å². The van der Waals surface area contributed by atoms with Gasteiger partial charge in [-0.05, 0) is 33.1 Å². The van der Waals surface area contributed by atoms with Crippen molar-refractivity contribution >= 4 is 11.6 Å². The average molecular weight is 386 g/mol. The zero-order valence-electron chi connectivity index (χ0n) is 17.6. The van der Waals surface area contributed by atoms with Crippen LogP contribution in [0.5, 0.6) is 0 Å². The first-order valence-electron chi connectivity index (χ1n) is 10.4. The minimum Gasteiger partial charge on any atom is -0.334 e. The van der Waals surface area contributed by atoms with E-state index in [4.69, 9.17) is 4.98 Å². The topological polar surface area (TPSA) is 73.7 Å². The van der Waals surface area contributed by atoms with Crippen LogP contribution in [0.1, 0.15) is 70.5 Å². The number of fused-ring (bicyclic) bond motifs is 2. The first kappa shape index (κ1) is 19.2. The van der Waals surface area contributed by atoms with Gasteiger partial charge in [0, 0.05) is 42.7 Å². The Morgan fingerprint density at radius 2 is 2.04 bits per heavy atom. The highest BCUT2D eigenvalue weighted by Crippen LogP contribution is 2.35. The molecule has 0 spiro atoms. The van der Waals surface area contributed by atoms with Crippen LogP contribution >= 0.6 is 0 Å². The van der Waals surface area contributed by atoms with E-state index in [9.17, 15) is 9.59 Å². The molecule has 2 aliphatic rings. The van der Waals surface area contributed by atoms with E-state index >= 15 is 0 Å². The number of likely N-dealkylation sites (tertiary alicyclic amines) is 1. The number of hydrogen-bond acceptors (Lipinski definition) is 4. The highest BCUT2D eigenvalue weighted by Gasteiger charge is 2.36. The van der Waals surface area contributed by atoms with E-state index in [2.05, 4.69) is 23.8 Å². The number of H-pyrrole nitrogens is 1. The largest absolute Gasteiger partial charge is 0.334 e. The van der Waals surface area contributed by atoms with Crippen molar-refractivity contribution in [2.75, 3.05) is 13.1 Å². The van der Waals surface area contributed by atoms with Crippen LogP contribution in [-0.4, -0.2) is 49.4 Å². The Labute approximate surface area is 165 Å². The summed E-state index contributed by atoms with van der Waals surface area (Å²) in [6.07, 6.45) is 2.61. The summed E-state index contributed by atoms with van der Waals surface area (Å²) in [6.45, 7) is 12.6. The molecule has 1 N–H and O–H groups in total. The lowest BCUT2D eigenvalue weighted by Gasteiger charge is -2.30. The van der Waals surface area contributed by atoms with Crippen LogP contribution in [0.25, 0.3) is 5.65 Å². The third-order valence-corrected chi connectivity index (χ3v) is 6.06. The molecule has 0 aliphatic carbocycles. The Kier molecular flexibility index (Phi) is 4.61. The molecule has 2 aliphatic heterocycles. The zero-order valence-corrected chi connectivity index (χ0v) is 17.6. The lowest BCUT2D eigenvalue weighted by atomic mass is 9.94. The molecule has 0 bridgehead atoms. The highest BCUT2D eigenvalue weighted by atomic mass is 16.2. The van der Waals surface area contributed by atoms with E-state index in [1.807, 2.05) is 31.7 Å². The van der Waals surface area contributed by atoms with Gasteiger partial charge in [0.1, 0.15) is 0 Å². The second-order valence-electron chi connectivity index (χ2n) is 9.47. The third kappa shape index (κ3) is 3.15. The Morgan fingerprint density at radius 1 is 1.29 bits per heavy atom. The predicted octanol–water partition coefficient (Wildman–Crippen LogP) is 2.50. The number of rotatable bonds is 2. The molecule has 0 radical (unpaired) electrons. The lowest BCUT2D eigenvalue weighted by molar-refractivity contribution is -0.140. The summed E-state index contributed by atoms with van der Waals surface area (Å²) in [7, 11) is 0. The first-order chi connectivity index (χ1) is 13.2. The second-order valence-corrected chi connectivity index (χ2v) is 9.47. The highest BCUT2D eigenvalue weighted by molar-refractivity contribution is 5.82. The van der Waals surface area contributed by atoms with Crippen LogP contribution in [-0.2, 0) is 17.8 Å². The fourth-order valence-corrected chi connectivity index (χ4v) is 4.41. The maximum absolute atomic E-state index is 13.0. The summed E-state index contributed by atoms with van der Waals surface area (Å²) >= 11 is 0. The van der Waals surface area contributed by atoms with Crippen molar-refractivity contribution in [1.29, 1.82) is 0 Å². The van der Waals surface area contributed by atoms with Crippen LogP contribution < -0.4 is 5.56 Å².